The molecule has 0 N–H and O–H groups in total. The molecule has 82 valence electrons. The first-order chi connectivity index (χ1) is 6.70. The Kier molecular flexibility index (Phi) is 8.13. The molecular formula is C10H18O4. The number of carbonyl (C=O) groups is 2. The third-order valence-electron chi connectivity index (χ3n) is 1.72. The summed E-state index contributed by atoms with van der Waals surface area (Å²) in [5.74, 6) is -0.206. The van der Waals surface area contributed by atoms with Gasteiger partial charge in [-0.25, -0.2) is 0 Å². The summed E-state index contributed by atoms with van der Waals surface area (Å²) in [6, 6.07) is 0. The maximum absolute atomic E-state index is 11.2. The highest BCUT2D eigenvalue weighted by Crippen LogP contribution is 2.00. The van der Waals surface area contributed by atoms with Gasteiger partial charge in [-0.1, -0.05) is 0 Å². The van der Waals surface area contributed by atoms with Crippen molar-refractivity contribution in [2.45, 2.75) is 32.6 Å². The summed E-state index contributed by atoms with van der Waals surface area (Å²) in [7, 11) is 1.60. The van der Waals surface area contributed by atoms with E-state index >= 15 is 0 Å². The Morgan fingerprint density at radius 3 is 2.43 bits per heavy atom. The second kappa shape index (κ2) is 8.69. The fourth-order valence-corrected chi connectivity index (χ4v) is 1.01. The van der Waals surface area contributed by atoms with Crippen LogP contribution in [0, 0.1) is 0 Å². The van der Waals surface area contributed by atoms with E-state index in [0.717, 1.165) is 6.42 Å². The van der Waals surface area contributed by atoms with E-state index in [-0.39, 0.29) is 24.6 Å². The zero-order valence-corrected chi connectivity index (χ0v) is 8.88. The maximum Gasteiger partial charge on any atom is 0.306 e. The molecule has 4 heteroatoms. The monoisotopic (exact) mass is 202 g/mol. The Labute approximate surface area is 84.6 Å². The van der Waals surface area contributed by atoms with Crippen LogP contribution in [0.5, 0.6) is 0 Å². The van der Waals surface area contributed by atoms with Gasteiger partial charge >= 0.3 is 5.97 Å². The molecule has 0 unspecified atom stereocenters. The van der Waals surface area contributed by atoms with Crippen molar-refractivity contribution in [2.24, 2.45) is 0 Å². The number of ether oxygens (including phenoxy) is 2. The average Bonchev–Trinajstić information content (AvgIpc) is 2.16. The first-order valence-electron chi connectivity index (χ1n) is 4.87. The van der Waals surface area contributed by atoms with Gasteiger partial charge < -0.3 is 9.47 Å². The molecule has 0 heterocycles. The summed E-state index contributed by atoms with van der Waals surface area (Å²) < 4.78 is 9.51. The molecule has 0 aliphatic rings. The van der Waals surface area contributed by atoms with Crippen LogP contribution in [0.3, 0.4) is 0 Å². The molecule has 14 heavy (non-hydrogen) atoms. The zero-order valence-electron chi connectivity index (χ0n) is 8.88. The number of methoxy groups -OCH3 is 1. The molecule has 0 fully saturated rings. The van der Waals surface area contributed by atoms with Crippen molar-refractivity contribution in [3.8, 4) is 0 Å². The Balaban J connectivity index is 3.39. The fraction of sp³-hybridized carbons (Fsp3) is 0.800. The Morgan fingerprint density at radius 2 is 1.86 bits per heavy atom. The lowest BCUT2D eigenvalue weighted by Gasteiger charge is -2.01. The van der Waals surface area contributed by atoms with E-state index in [1.165, 1.54) is 0 Å². The van der Waals surface area contributed by atoms with Crippen molar-refractivity contribution < 1.29 is 19.1 Å². The maximum atomic E-state index is 11.2. The predicted molar refractivity (Wildman–Crippen MR) is 52.0 cm³/mol. The van der Waals surface area contributed by atoms with Crippen molar-refractivity contribution in [1.29, 1.82) is 0 Å². The third-order valence-corrected chi connectivity index (χ3v) is 1.72. The van der Waals surface area contributed by atoms with Gasteiger partial charge in [0.1, 0.15) is 5.78 Å². The molecule has 0 radical (unpaired) electrons. The van der Waals surface area contributed by atoms with Gasteiger partial charge in [0.15, 0.2) is 0 Å². The van der Waals surface area contributed by atoms with Crippen LogP contribution in [0.25, 0.3) is 0 Å². The molecule has 0 amide bonds. The molecule has 4 nitrogen and oxygen atoms in total. The minimum Gasteiger partial charge on any atom is -0.466 e. The first kappa shape index (κ1) is 13.1. The molecule has 0 rings (SSSR count). The van der Waals surface area contributed by atoms with Crippen molar-refractivity contribution in [3.05, 3.63) is 0 Å². The molecule has 0 aromatic carbocycles. The van der Waals surface area contributed by atoms with Gasteiger partial charge in [-0.3, -0.25) is 9.59 Å². The summed E-state index contributed by atoms with van der Waals surface area (Å²) in [4.78, 5) is 22.0. The Hall–Kier alpha value is -0.900. The lowest BCUT2D eigenvalue weighted by atomic mass is 10.1. The number of rotatable bonds is 8. The van der Waals surface area contributed by atoms with Gasteiger partial charge in [0, 0.05) is 26.6 Å². The highest BCUT2D eigenvalue weighted by Gasteiger charge is 2.06. The molecule has 0 aliphatic carbocycles. The topological polar surface area (TPSA) is 52.6 Å². The van der Waals surface area contributed by atoms with E-state index in [4.69, 9.17) is 9.47 Å². The molecule has 0 atom stereocenters. The SMILES string of the molecule is CCOC(=O)CCC(=O)CCCOC. The fourth-order valence-electron chi connectivity index (χ4n) is 1.01. The van der Waals surface area contributed by atoms with E-state index in [2.05, 4.69) is 0 Å². The van der Waals surface area contributed by atoms with Crippen LogP contribution in [-0.2, 0) is 19.1 Å². The summed E-state index contributed by atoms with van der Waals surface area (Å²) in [5.41, 5.74) is 0. The Morgan fingerprint density at radius 1 is 1.14 bits per heavy atom. The molecule has 0 aromatic rings. The molecule has 0 spiro atoms. The zero-order chi connectivity index (χ0) is 10.8. The molecule has 0 saturated carbocycles. The summed E-state index contributed by atoms with van der Waals surface area (Å²) in [6.07, 6.45) is 1.67. The summed E-state index contributed by atoms with van der Waals surface area (Å²) in [6.45, 7) is 2.71. The van der Waals surface area contributed by atoms with Gasteiger partial charge in [-0.05, 0) is 13.3 Å². The number of hydrogen-bond donors (Lipinski definition) is 0. The van der Waals surface area contributed by atoms with Gasteiger partial charge in [0.25, 0.3) is 0 Å². The second-order valence-corrected chi connectivity index (χ2v) is 2.94. The molecular weight excluding hydrogens is 184 g/mol. The summed E-state index contributed by atoms with van der Waals surface area (Å²) in [5, 5.41) is 0. The van der Waals surface area contributed by atoms with Gasteiger partial charge in [0.2, 0.25) is 0 Å². The number of hydrogen-bond acceptors (Lipinski definition) is 4. The lowest BCUT2D eigenvalue weighted by Crippen LogP contribution is -2.08. The van der Waals surface area contributed by atoms with E-state index in [0.29, 0.717) is 19.6 Å². The molecule has 0 aliphatic heterocycles. The molecule has 0 aromatic heterocycles. The normalized spacial score (nSPS) is 9.86. The smallest absolute Gasteiger partial charge is 0.306 e. The van der Waals surface area contributed by atoms with Crippen LogP contribution in [0.15, 0.2) is 0 Å². The van der Waals surface area contributed by atoms with Crippen LogP contribution in [-0.4, -0.2) is 32.1 Å². The van der Waals surface area contributed by atoms with Crippen molar-refractivity contribution in [3.63, 3.8) is 0 Å². The predicted octanol–water partition coefficient (Wildman–Crippen LogP) is 1.33. The Bertz CT molecular complexity index is 177. The van der Waals surface area contributed by atoms with Crippen LogP contribution in [0.1, 0.15) is 32.6 Å². The minimum absolute atomic E-state index is 0.0927. The number of esters is 1. The third kappa shape index (κ3) is 7.73. The summed E-state index contributed by atoms with van der Waals surface area (Å²) >= 11 is 0. The largest absolute Gasteiger partial charge is 0.466 e. The number of Topliss-reactive ketones (excluding diaryl/α,β-unsaturated/α-hetero) is 1. The number of carbonyl (C=O) groups excluding carboxylic acids is 2. The minimum atomic E-state index is -0.299. The highest BCUT2D eigenvalue weighted by molar-refractivity contribution is 5.82. The van der Waals surface area contributed by atoms with Gasteiger partial charge in [0.05, 0.1) is 13.0 Å². The van der Waals surface area contributed by atoms with Crippen molar-refractivity contribution in [2.75, 3.05) is 20.3 Å². The van der Waals surface area contributed by atoms with E-state index in [1.807, 2.05) is 0 Å². The second-order valence-electron chi connectivity index (χ2n) is 2.94. The lowest BCUT2D eigenvalue weighted by molar-refractivity contribution is -0.144. The van der Waals surface area contributed by atoms with Crippen LogP contribution >= 0.6 is 0 Å². The average molecular weight is 202 g/mol. The van der Waals surface area contributed by atoms with E-state index in [9.17, 15) is 9.59 Å². The first-order valence-corrected chi connectivity index (χ1v) is 4.87. The number of ketones is 1. The standard InChI is InChI=1S/C10H18O4/c1-3-14-10(12)7-6-9(11)5-4-8-13-2/h3-8H2,1-2H3. The van der Waals surface area contributed by atoms with Crippen LogP contribution in [0.2, 0.25) is 0 Å². The highest BCUT2D eigenvalue weighted by atomic mass is 16.5. The van der Waals surface area contributed by atoms with Gasteiger partial charge in [-0.2, -0.15) is 0 Å². The van der Waals surface area contributed by atoms with E-state index in [1.54, 1.807) is 14.0 Å². The molecule has 0 bridgehead atoms. The van der Waals surface area contributed by atoms with E-state index < -0.39 is 0 Å². The molecule has 0 saturated heterocycles. The quantitative estimate of drug-likeness (QED) is 0.440. The van der Waals surface area contributed by atoms with Crippen molar-refractivity contribution >= 4 is 11.8 Å². The van der Waals surface area contributed by atoms with Gasteiger partial charge in [-0.15, -0.1) is 0 Å². The van der Waals surface area contributed by atoms with Crippen molar-refractivity contribution in [1.82, 2.24) is 0 Å². The van der Waals surface area contributed by atoms with Crippen LogP contribution in [0.4, 0.5) is 0 Å². The van der Waals surface area contributed by atoms with Crippen LogP contribution < -0.4 is 0 Å².